The van der Waals surface area contributed by atoms with Crippen LogP contribution in [0.5, 0.6) is 11.5 Å². The van der Waals surface area contributed by atoms with Crippen molar-refractivity contribution in [1.82, 2.24) is 4.98 Å². The standard InChI is InChI=1S/C13H16N2O3/c1-16-10-4-3-9(7-12(10)17-2)13-11(5-6-14)18-8-15-13/h3-4,7-8H,5-6,14H2,1-2H3. The van der Waals surface area contributed by atoms with E-state index in [0.29, 0.717) is 24.5 Å². The third-order valence-corrected chi connectivity index (χ3v) is 2.67. The predicted octanol–water partition coefficient (Wildman–Crippen LogP) is 1.86. The molecule has 0 saturated carbocycles. The highest BCUT2D eigenvalue weighted by molar-refractivity contribution is 5.65. The second-order valence-corrected chi connectivity index (χ2v) is 3.73. The molecule has 0 aliphatic carbocycles. The fourth-order valence-corrected chi connectivity index (χ4v) is 1.80. The molecule has 0 amide bonds. The first-order valence-corrected chi connectivity index (χ1v) is 5.65. The normalized spacial score (nSPS) is 10.4. The van der Waals surface area contributed by atoms with Crippen molar-refractivity contribution in [2.75, 3.05) is 20.8 Å². The molecule has 1 aromatic carbocycles. The van der Waals surface area contributed by atoms with Gasteiger partial charge in [0.05, 0.1) is 14.2 Å². The van der Waals surface area contributed by atoms with Crippen LogP contribution >= 0.6 is 0 Å². The van der Waals surface area contributed by atoms with E-state index in [2.05, 4.69) is 4.98 Å². The van der Waals surface area contributed by atoms with Gasteiger partial charge in [0, 0.05) is 12.0 Å². The minimum Gasteiger partial charge on any atom is -0.493 e. The Bertz CT molecular complexity index is 523. The summed E-state index contributed by atoms with van der Waals surface area (Å²) in [4.78, 5) is 4.22. The lowest BCUT2D eigenvalue weighted by atomic mass is 10.1. The fraction of sp³-hybridized carbons (Fsp3) is 0.308. The first-order valence-electron chi connectivity index (χ1n) is 5.65. The smallest absolute Gasteiger partial charge is 0.181 e. The topological polar surface area (TPSA) is 70.5 Å². The Morgan fingerprint density at radius 3 is 2.67 bits per heavy atom. The average Bonchev–Trinajstić information content (AvgIpc) is 2.86. The first-order chi connectivity index (χ1) is 8.80. The molecule has 1 aromatic heterocycles. The summed E-state index contributed by atoms with van der Waals surface area (Å²) in [7, 11) is 3.21. The molecule has 2 N–H and O–H groups in total. The van der Waals surface area contributed by atoms with Gasteiger partial charge in [-0.15, -0.1) is 0 Å². The van der Waals surface area contributed by atoms with Gasteiger partial charge >= 0.3 is 0 Å². The Hall–Kier alpha value is -2.01. The van der Waals surface area contributed by atoms with Gasteiger partial charge in [-0.1, -0.05) is 0 Å². The quantitative estimate of drug-likeness (QED) is 0.874. The van der Waals surface area contributed by atoms with Crippen LogP contribution in [0.3, 0.4) is 0 Å². The zero-order valence-electron chi connectivity index (χ0n) is 10.5. The summed E-state index contributed by atoms with van der Waals surface area (Å²) in [5.74, 6) is 2.13. The van der Waals surface area contributed by atoms with Gasteiger partial charge in [0.15, 0.2) is 17.9 Å². The Morgan fingerprint density at radius 2 is 2.00 bits per heavy atom. The van der Waals surface area contributed by atoms with Crippen molar-refractivity contribution in [3.8, 4) is 22.8 Å². The van der Waals surface area contributed by atoms with Crippen LogP contribution in [0.25, 0.3) is 11.3 Å². The molecule has 2 rings (SSSR count). The zero-order chi connectivity index (χ0) is 13.0. The van der Waals surface area contributed by atoms with Crippen LogP contribution in [0, 0.1) is 0 Å². The molecule has 0 aliphatic heterocycles. The van der Waals surface area contributed by atoms with Gasteiger partial charge < -0.3 is 19.6 Å². The van der Waals surface area contributed by atoms with Gasteiger partial charge in [-0.25, -0.2) is 4.98 Å². The van der Waals surface area contributed by atoms with E-state index >= 15 is 0 Å². The summed E-state index contributed by atoms with van der Waals surface area (Å²) in [5.41, 5.74) is 7.25. The second kappa shape index (κ2) is 5.55. The lowest BCUT2D eigenvalue weighted by Gasteiger charge is -2.08. The minimum atomic E-state index is 0.523. The Balaban J connectivity index is 2.41. The van der Waals surface area contributed by atoms with Crippen LogP contribution in [0.15, 0.2) is 29.0 Å². The number of nitrogens with two attached hydrogens (primary N) is 1. The molecule has 0 unspecified atom stereocenters. The second-order valence-electron chi connectivity index (χ2n) is 3.73. The van der Waals surface area contributed by atoms with Crippen LogP contribution in [-0.2, 0) is 6.42 Å². The Kier molecular flexibility index (Phi) is 3.84. The molecular weight excluding hydrogens is 232 g/mol. The van der Waals surface area contributed by atoms with Crippen LogP contribution in [-0.4, -0.2) is 25.7 Å². The summed E-state index contributed by atoms with van der Waals surface area (Å²) in [5, 5.41) is 0. The monoisotopic (exact) mass is 248 g/mol. The van der Waals surface area contributed by atoms with Crippen molar-refractivity contribution < 1.29 is 13.9 Å². The summed E-state index contributed by atoms with van der Waals surface area (Å²) in [6.07, 6.45) is 2.08. The molecule has 0 atom stereocenters. The van der Waals surface area contributed by atoms with E-state index in [1.54, 1.807) is 14.2 Å². The fourth-order valence-electron chi connectivity index (χ4n) is 1.80. The molecule has 0 aliphatic rings. The number of hydrogen-bond acceptors (Lipinski definition) is 5. The van der Waals surface area contributed by atoms with Crippen LogP contribution in [0.4, 0.5) is 0 Å². The van der Waals surface area contributed by atoms with Gasteiger partial charge in [0.1, 0.15) is 11.5 Å². The van der Waals surface area contributed by atoms with Gasteiger partial charge in [-0.05, 0) is 24.7 Å². The zero-order valence-corrected chi connectivity index (χ0v) is 10.5. The SMILES string of the molecule is COc1ccc(-c2ncoc2CCN)cc1OC. The number of oxazole rings is 1. The van der Waals surface area contributed by atoms with E-state index in [-0.39, 0.29) is 0 Å². The first kappa shape index (κ1) is 12.4. The number of benzene rings is 1. The molecule has 0 bridgehead atoms. The van der Waals surface area contributed by atoms with E-state index in [9.17, 15) is 0 Å². The number of hydrogen-bond donors (Lipinski definition) is 1. The minimum absolute atomic E-state index is 0.523. The molecule has 0 radical (unpaired) electrons. The van der Waals surface area contributed by atoms with Crippen LogP contribution in [0.2, 0.25) is 0 Å². The molecule has 2 aromatic rings. The molecule has 5 heteroatoms. The summed E-state index contributed by atoms with van der Waals surface area (Å²) < 4.78 is 15.8. The third kappa shape index (κ3) is 2.31. The molecule has 1 heterocycles. The van der Waals surface area contributed by atoms with Gasteiger partial charge in [0.2, 0.25) is 0 Å². The Morgan fingerprint density at radius 1 is 1.22 bits per heavy atom. The highest BCUT2D eigenvalue weighted by Gasteiger charge is 2.12. The van der Waals surface area contributed by atoms with Crippen molar-refractivity contribution in [3.63, 3.8) is 0 Å². The third-order valence-electron chi connectivity index (χ3n) is 2.67. The average molecular weight is 248 g/mol. The van der Waals surface area contributed by atoms with Crippen molar-refractivity contribution in [1.29, 1.82) is 0 Å². The molecular formula is C13H16N2O3. The van der Waals surface area contributed by atoms with E-state index in [1.165, 1.54) is 6.39 Å². The Labute approximate surface area is 106 Å². The summed E-state index contributed by atoms with van der Waals surface area (Å²) in [6.45, 7) is 0.523. The molecule has 0 fully saturated rings. The van der Waals surface area contributed by atoms with Gasteiger partial charge in [0.25, 0.3) is 0 Å². The molecule has 96 valence electrons. The van der Waals surface area contributed by atoms with Crippen LogP contribution in [0.1, 0.15) is 5.76 Å². The van der Waals surface area contributed by atoms with Crippen molar-refractivity contribution in [3.05, 3.63) is 30.4 Å². The largest absolute Gasteiger partial charge is 0.493 e. The lowest BCUT2D eigenvalue weighted by molar-refractivity contribution is 0.355. The maximum Gasteiger partial charge on any atom is 0.181 e. The number of ether oxygens (including phenoxy) is 2. The molecule has 0 spiro atoms. The predicted molar refractivity (Wildman–Crippen MR) is 67.8 cm³/mol. The molecule has 0 saturated heterocycles. The number of nitrogens with zero attached hydrogens (tertiary/aromatic N) is 1. The van der Waals surface area contributed by atoms with E-state index in [4.69, 9.17) is 19.6 Å². The van der Waals surface area contributed by atoms with Gasteiger partial charge in [-0.3, -0.25) is 0 Å². The molecule has 5 nitrogen and oxygen atoms in total. The lowest BCUT2D eigenvalue weighted by Crippen LogP contribution is -2.02. The van der Waals surface area contributed by atoms with E-state index in [1.807, 2.05) is 18.2 Å². The summed E-state index contributed by atoms with van der Waals surface area (Å²) >= 11 is 0. The molecule has 18 heavy (non-hydrogen) atoms. The highest BCUT2D eigenvalue weighted by atomic mass is 16.5. The van der Waals surface area contributed by atoms with Crippen molar-refractivity contribution >= 4 is 0 Å². The number of rotatable bonds is 5. The number of aromatic nitrogens is 1. The maximum atomic E-state index is 5.54. The van der Waals surface area contributed by atoms with Crippen molar-refractivity contribution in [2.45, 2.75) is 6.42 Å². The van der Waals surface area contributed by atoms with Crippen LogP contribution < -0.4 is 15.2 Å². The van der Waals surface area contributed by atoms with E-state index < -0.39 is 0 Å². The van der Waals surface area contributed by atoms with Gasteiger partial charge in [-0.2, -0.15) is 0 Å². The van der Waals surface area contributed by atoms with E-state index in [0.717, 1.165) is 17.0 Å². The highest BCUT2D eigenvalue weighted by Crippen LogP contribution is 2.32. The number of methoxy groups -OCH3 is 2. The maximum absolute atomic E-state index is 5.54. The van der Waals surface area contributed by atoms with Crippen molar-refractivity contribution in [2.24, 2.45) is 5.73 Å². The summed E-state index contributed by atoms with van der Waals surface area (Å²) in [6, 6.07) is 5.63.